The maximum atomic E-state index is 11.5. The average Bonchev–Trinajstić information content (AvgIpc) is 2.25. The molecule has 19 heavy (non-hydrogen) atoms. The van der Waals surface area contributed by atoms with Gasteiger partial charge in [-0.25, -0.2) is 4.79 Å². The summed E-state index contributed by atoms with van der Waals surface area (Å²) < 4.78 is 0. The van der Waals surface area contributed by atoms with Crippen molar-refractivity contribution in [3.63, 3.8) is 0 Å². The van der Waals surface area contributed by atoms with Crippen LogP contribution in [-0.4, -0.2) is 33.4 Å². The van der Waals surface area contributed by atoms with Gasteiger partial charge in [-0.3, -0.25) is 4.79 Å². The van der Waals surface area contributed by atoms with Crippen LogP contribution in [0.1, 0.15) is 38.5 Å². The molecule has 4 aliphatic rings. The van der Waals surface area contributed by atoms with Gasteiger partial charge in [-0.2, -0.15) is 0 Å². The number of aliphatic carboxylic acids is 2. The van der Waals surface area contributed by atoms with Gasteiger partial charge in [0.05, 0.1) is 5.92 Å². The van der Waals surface area contributed by atoms with Crippen molar-refractivity contribution in [3.05, 3.63) is 0 Å². The molecular formula is C14H20O5. The Bertz CT molecular complexity index is 381. The Kier molecular flexibility index (Phi) is 2.85. The second-order valence-electron chi connectivity index (χ2n) is 6.88. The summed E-state index contributed by atoms with van der Waals surface area (Å²) in [6.45, 7) is 0. The van der Waals surface area contributed by atoms with Crippen LogP contribution in [0.3, 0.4) is 0 Å². The van der Waals surface area contributed by atoms with Crippen molar-refractivity contribution in [3.8, 4) is 0 Å². The quantitative estimate of drug-likeness (QED) is 0.715. The number of aliphatic hydroxyl groups is 1. The fourth-order valence-corrected chi connectivity index (χ4v) is 5.43. The third-order valence-corrected chi connectivity index (χ3v) is 5.58. The molecule has 0 heterocycles. The van der Waals surface area contributed by atoms with Crippen molar-refractivity contribution >= 4 is 11.9 Å². The molecule has 0 spiro atoms. The Hall–Kier alpha value is -1.10. The number of aliphatic hydroxyl groups excluding tert-OH is 1. The van der Waals surface area contributed by atoms with E-state index in [1.807, 2.05) is 0 Å². The summed E-state index contributed by atoms with van der Waals surface area (Å²) in [5.74, 6) is -2.12. The second kappa shape index (κ2) is 4.20. The van der Waals surface area contributed by atoms with Crippen LogP contribution in [0, 0.1) is 29.1 Å². The highest BCUT2D eigenvalue weighted by Crippen LogP contribution is 2.63. The van der Waals surface area contributed by atoms with Crippen LogP contribution in [-0.2, 0) is 9.59 Å². The van der Waals surface area contributed by atoms with E-state index in [2.05, 4.69) is 0 Å². The lowest BCUT2D eigenvalue weighted by Gasteiger charge is -2.58. The minimum atomic E-state index is -1.78. The molecule has 0 aromatic rings. The van der Waals surface area contributed by atoms with E-state index >= 15 is 0 Å². The van der Waals surface area contributed by atoms with Crippen molar-refractivity contribution < 1.29 is 24.9 Å². The Balaban J connectivity index is 1.93. The molecule has 5 nitrogen and oxygen atoms in total. The molecule has 0 saturated heterocycles. The lowest BCUT2D eigenvalue weighted by atomic mass is 9.46. The fourth-order valence-electron chi connectivity index (χ4n) is 5.43. The molecule has 5 heteroatoms. The average molecular weight is 268 g/mol. The minimum Gasteiger partial charge on any atom is -0.481 e. The maximum Gasteiger partial charge on any atom is 0.333 e. The van der Waals surface area contributed by atoms with Crippen LogP contribution < -0.4 is 0 Å². The van der Waals surface area contributed by atoms with Crippen LogP contribution in [0.4, 0.5) is 0 Å². The molecule has 2 atom stereocenters. The van der Waals surface area contributed by atoms with E-state index in [1.54, 1.807) is 0 Å². The zero-order chi connectivity index (χ0) is 13.8. The zero-order valence-corrected chi connectivity index (χ0v) is 10.8. The van der Waals surface area contributed by atoms with Crippen molar-refractivity contribution in [2.24, 2.45) is 29.1 Å². The first-order valence-corrected chi connectivity index (χ1v) is 7.05. The summed E-state index contributed by atoms with van der Waals surface area (Å²) in [5, 5.41) is 28.3. The molecular weight excluding hydrogens is 248 g/mol. The number of hydrogen-bond donors (Lipinski definition) is 3. The summed E-state index contributed by atoms with van der Waals surface area (Å²) in [6.07, 6.45) is 4.04. The van der Waals surface area contributed by atoms with E-state index in [-0.39, 0.29) is 0 Å². The van der Waals surface area contributed by atoms with Crippen molar-refractivity contribution in [2.75, 3.05) is 0 Å². The van der Waals surface area contributed by atoms with Gasteiger partial charge in [0.25, 0.3) is 0 Å². The van der Waals surface area contributed by atoms with Crippen molar-refractivity contribution in [2.45, 2.75) is 44.6 Å². The smallest absolute Gasteiger partial charge is 0.333 e. The first kappa shape index (κ1) is 12.9. The van der Waals surface area contributed by atoms with E-state index in [4.69, 9.17) is 5.11 Å². The van der Waals surface area contributed by atoms with Crippen LogP contribution in [0.25, 0.3) is 0 Å². The van der Waals surface area contributed by atoms with E-state index in [0.717, 1.165) is 38.5 Å². The topological polar surface area (TPSA) is 94.8 Å². The summed E-state index contributed by atoms with van der Waals surface area (Å²) in [6, 6.07) is 0. The Morgan fingerprint density at radius 1 is 0.895 bits per heavy atom. The molecule has 0 aromatic heterocycles. The van der Waals surface area contributed by atoms with Gasteiger partial charge in [0, 0.05) is 0 Å². The number of carboxylic acid groups (broad SMARTS) is 2. The monoisotopic (exact) mass is 268 g/mol. The van der Waals surface area contributed by atoms with Gasteiger partial charge in [-0.1, -0.05) is 0 Å². The molecule has 0 aliphatic heterocycles. The third kappa shape index (κ3) is 1.95. The van der Waals surface area contributed by atoms with Crippen LogP contribution >= 0.6 is 0 Å². The lowest BCUT2D eigenvalue weighted by Crippen LogP contribution is -2.55. The van der Waals surface area contributed by atoms with E-state index in [1.165, 1.54) is 0 Å². The lowest BCUT2D eigenvalue weighted by molar-refractivity contribution is -0.179. The van der Waals surface area contributed by atoms with Crippen molar-refractivity contribution in [1.82, 2.24) is 0 Å². The predicted molar refractivity (Wildman–Crippen MR) is 65.4 cm³/mol. The summed E-state index contributed by atoms with van der Waals surface area (Å²) >= 11 is 0. The number of carbonyl (C=O) groups is 2. The highest BCUT2D eigenvalue weighted by molar-refractivity contribution is 5.82. The maximum absolute atomic E-state index is 11.5. The zero-order valence-electron chi connectivity index (χ0n) is 10.8. The summed E-state index contributed by atoms with van der Waals surface area (Å²) in [5.41, 5.74) is -0.488. The van der Waals surface area contributed by atoms with E-state index in [0.29, 0.717) is 17.8 Å². The molecule has 0 aromatic carbocycles. The van der Waals surface area contributed by atoms with Gasteiger partial charge in [0.2, 0.25) is 0 Å². The van der Waals surface area contributed by atoms with Crippen LogP contribution in [0.5, 0.6) is 0 Å². The third-order valence-electron chi connectivity index (χ3n) is 5.58. The molecule has 4 fully saturated rings. The van der Waals surface area contributed by atoms with Gasteiger partial charge in [-0.15, -0.1) is 0 Å². The number of rotatable bonds is 4. The Labute approximate surface area is 111 Å². The summed E-state index contributed by atoms with van der Waals surface area (Å²) in [7, 11) is 0. The fraction of sp³-hybridized carbons (Fsp3) is 0.857. The SMILES string of the molecule is O=C(O)C(O)C(C(=O)O)C12CC3CC(CC(C3)C1)C2. The van der Waals surface area contributed by atoms with Gasteiger partial charge < -0.3 is 15.3 Å². The molecule has 0 amide bonds. The number of hydrogen-bond acceptors (Lipinski definition) is 3. The predicted octanol–water partition coefficient (Wildman–Crippen LogP) is 1.35. The Morgan fingerprint density at radius 2 is 1.32 bits per heavy atom. The molecule has 4 bridgehead atoms. The molecule has 106 valence electrons. The molecule has 4 rings (SSSR count). The molecule has 4 aliphatic carbocycles. The standard InChI is InChI=1S/C14H20O5/c15-11(13(18)19)10(12(16)17)14-4-7-1-8(5-14)3-9(2-7)6-14/h7-11,15H,1-6H2,(H,16,17)(H,18,19). The second-order valence-corrected chi connectivity index (χ2v) is 6.88. The minimum absolute atomic E-state index is 0.488. The molecule has 0 radical (unpaired) electrons. The van der Waals surface area contributed by atoms with Gasteiger partial charge >= 0.3 is 11.9 Å². The van der Waals surface area contributed by atoms with E-state index in [9.17, 15) is 19.8 Å². The molecule has 3 N–H and O–H groups in total. The van der Waals surface area contributed by atoms with Gasteiger partial charge in [0.1, 0.15) is 0 Å². The van der Waals surface area contributed by atoms with E-state index < -0.39 is 29.4 Å². The van der Waals surface area contributed by atoms with Crippen molar-refractivity contribution in [1.29, 1.82) is 0 Å². The van der Waals surface area contributed by atoms with Crippen LogP contribution in [0.15, 0.2) is 0 Å². The Morgan fingerprint density at radius 3 is 1.63 bits per heavy atom. The normalized spacial score (nSPS) is 42.9. The number of carboxylic acids is 2. The molecule has 4 saturated carbocycles. The van der Waals surface area contributed by atoms with Gasteiger partial charge in [0.15, 0.2) is 6.10 Å². The highest BCUT2D eigenvalue weighted by atomic mass is 16.4. The summed E-state index contributed by atoms with van der Waals surface area (Å²) in [4.78, 5) is 22.6. The largest absolute Gasteiger partial charge is 0.481 e. The van der Waals surface area contributed by atoms with Crippen LogP contribution in [0.2, 0.25) is 0 Å². The molecule has 2 unspecified atom stereocenters. The first-order chi connectivity index (χ1) is 8.91. The first-order valence-electron chi connectivity index (χ1n) is 7.05. The van der Waals surface area contributed by atoms with Gasteiger partial charge in [-0.05, 0) is 61.7 Å². The highest BCUT2D eigenvalue weighted by Gasteiger charge is 2.58.